The van der Waals surface area contributed by atoms with E-state index in [-0.39, 0.29) is 11.9 Å². The van der Waals surface area contributed by atoms with E-state index in [1.165, 1.54) is 0 Å². The van der Waals surface area contributed by atoms with Gasteiger partial charge < -0.3 is 24.3 Å². The van der Waals surface area contributed by atoms with E-state index in [1.54, 1.807) is 45.4 Å². The number of carbonyl (C=O) groups excluding carboxylic acids is 1. The van der Waals surface area contributed by atoms with Crippen molar-refractivity contribution in [3.8, 4) is 23.0 Å². The smallest absolute Gasteiger partial charge is 0.261 e. The third-order valence-corrected chi connectivity index (χ3v) is 3.69. The van der Waals surface area contributed by atoms with Crippen molar-refractivity contribution in [3.63, 3.8) is 0 Å². The van der Waals surface area contributed by atoms with E-state index in [9.17, 15) is 4.79 Å². The maximum Gasteiger partial charge on any atom is 0.261 e. The first-order valence-corrected chi connectivity index (χ1v) is 8.39. The third kappa shape index (κ3) is 5.88. The summed E-state index contributed by atoms with van der Waals surface area (Å²) in [5, 5.41) is 2.88. The molecule has 2 rings (SSSR count). The summed E-state index contributed by atoms with van der Waals surface area (Å²) >= 11 is 0. The van der Waals surface area contributed by atoms with E-state index in [4.69, 9.17) is 18.9 Å². The molecular formula is C20H25NO5. The molecule has 0 aromatic heterocycles. The molecule has 0 saturated carbocycles. The summed E-state index contributed by atoms with van der Waals surface area (Å²) in [5.74, 6) is 2.62. The van der Waals surface area contributed by atoms with E-state index in [2.05, 4.69) is 5.32 Å². The molecule has 0 radical (unpaired) electrons. The van der Waals surface area contributed by atoms with Crippen LogP contribution in [0.3, 0.4) is 0 Å². The topological polar surface area (TPSA) is 66.0 Å². The average molecular weight is 359 g/mol. The Balaban J connectivity index is 1.77. The van der Waals surface area contributed by atoms with Gasteiger partial charge in [-0.2, -0.15) is 0 Å². The van der Waals surface area contributed by atoms with Crippen LogP contribution in [0.4, 0.5) is 0 Å². The van der Waals surface area contributed by atoms with Gasteiger partial charge in [0.1, 0.15) is 29.6 Å². The monoisotopic (exact) mass is 359 g/mol. The van der Waals surface area contributed by atoms with Gasteiger partial charge in [-0.15, -0.1) is 0 Å². The Morgan fingerprint density at radius 3 is 1.81 bits per heavy atom. The first-order chi connectivity index (χ1) is 12.5. The lowest BCUT2D eigenvalue weighted by Crippen LogP contribution is -2.43. The van der Waals surface area contributed by atoms with E-state index in [1.807, 2.05) is 31.2 Å². The zero-order valence-electron chi connectivity index (χ0n) is 15.5. The first kappa shape index (κ1) is 19.4. The summed E-state index contributed by atoms with van der Waals surface area (Å²) < 4.78 is 21.5. The maximum atomic E-state index is 12.2. The zero-order chi connectivity index (χ0) is 18.9. The summed E-state index contributed by atoms with van der Waals surface area (Å²) in [6.07, 6.45) is -0.619. The van der Waals surface area contributed by atoms with Gasteiger partial charge in [-0.25, -0.2) is 0 Å². The van der Waals surface area contributed by atoms with Crippen LogP contribution in [-0.4, -0.2) is 38.9 Å². The van der Waals surface area contributed by atoms with Crippen molar-refractivity contribution >= 4 is 5.91 Å². The van der Waals surface area contributed by atoms with Gasteiger partial charge in [0.15, 0.2) is 6.10 Å². The number of methoxy groups -OCH3 is 2. The number of ether oxygens (including phenoxy) is 4. The minimum Gasteiger partial charge on any atom is -0.497 e. The Morgan fingerprint density at radius 2 is 1.31 bits per heavy atom. The van der Waals surface area contributed by atoms with E-state index < -0.39 is 6.10 Å². The molecule has 6 heteroatoms. The van der Waals surface area contributed by atoms with Crippen molar-refractivity contribution in [2.24, 2.45) is 0 Å². The maximum absolute atomic E-state index is 12.2. The first-order valence-electron chi connectivity index (χ1n) is 8.39. The molecule has 0 unspecified atom stereocenters. The normalized spacial score (nSPS) is 12.6. The summed E-state index contributed by atoms with van der Waals surface area (Å²) in [6, 6.07) is 14.2. The fourth-order valence-electron chi connectivity index (χ4n) is 2.21. The quantitative estimate of drug-likeness (QED) is 0.745. The van der Waals surface area contributed by atoms with Crippen molar-refractivity contribution in [2.45, 2.75) is 26.0 Å². The van der Waals surface area contributed by atoms with Crippen LogP contribution >= 0.6 is 0 Å². The van der Waals surface area contributed by atoms with Crippen molar-refractivity contribution < 1.29 is 23.7 Å². The van der Waals surface area contributed by atoms with Gasteiger partial charge >= 0.3 is 0 Å². The molecule has 2 aromatic rings. The van der Waals surface area contributed by atoms with Crippen LogP contribution in [-0.2, 0) is 4.79 Å². The highest BCUT2D eigenvalue weighted by atomic mass is 16.5. The summed E-state index contributed by atoms with van der Waals surface area (Å²) in [7, 11) is 3.21. The number of hydrogen-bond acceptors (Lipinski definition) is 5. The van der Waals surface area contributed by atoms with Gasteiger partial charge in [-0.05, 0) is 62.4 Å². The fraction of sp³-hybridized carbons (Fsp3) is 0.350. The summed E-state index contributed by atoms with van der Waals surface area (Å²) in [5.41, 5.74) is 0. The molecule has 0 aliphatic rings. The van der Waals surface area contributed by atoms with Gasteiger partial charge in [0.05, 0.1) is 20.3 Å². The Hall–Kier alpha value is -2.89. The van der Waals surface area contributed by atoms with E-state index in [0.29, 0.717) is 12.4 Å². The second-order valence-corrected chi connectivity index (χ2v) is 5.83. The summed E-state index contributed by atoms with van der Waals surface area (Å²) in [4.78, 5) is 12.2. The molecule has 2 aromatic carbocycles. The Labute approximate surface area is 154 Å². The van der Waals surface area contributed by atoms with Crippen molar-refractivity contribution in [3.05, 3.63) is 48.5 Å². The predicted molar refractivity (Wildman–Crippen MR) is 99.2 cm³/mol. The van der Waals surface area contributed by atoms with Crippen LogP contribution in [0.25, 0.3) is 0 Å². The molecule has 1 amide bonds. The predicted octanol–water partition coefficient (Wildman–Crippen LogP) is 3.05. The lowest BCUT2D eigenvalue weighted by Gasteiger charge is -2.19. The van der Waals surface area contributed by atoms with Crippen molar-refractivity contribution in [2.75, 3.05) is 20.8 Å². The van der Waals surface area contributed by atoms with E-state index in [0.717, 1.165) is 17.2 Å². The Kier molecular flexibility index (Phi) is 7.14. The van der Waals surface area contributed by atoms with Crippen LogP contribution in [0, 0.1) is 0 Å². The minimum atomic E-state index is -0.619. The minimum absolute atomic E-state index is 0.161. The Bertz CT molecular complexity index is 684. The lowest BCUT2D eigenvalue weighted by molar-refractivity contribution is -0.128. The van der Waals surface area contributed by atoms with Crippen LogP contribution in [0.5, 0.6) is 23.0 Å². The van der Waals surface area contributed by atoms with Gasteiger partial charge in [-0.3, -0.25) is 4.79 Å². The molecule has 0 bridgehead atoms. The van der Waals surface area contributed by atoms with Crippen molar-refractivity contribution in [1.29, 1.82) is 0 Å². The zero-order valence-corrected chi connectivity index (χ0v) is 15.5. The van der Waals surface area contributed by atoms with Gasteiger partial charge in [0.25, 0.3) is 5.91 Å². The second kappa shape index (κ2) is 9.56. The molecule has 0 heterocycles. The number of carbonyl (C=O) groups is 1. The largest absolute Gasteiger partial charge is 0.497 e. The van der Waals surface area contributed by atoms with Gasteiger partial charge in [0, 0.05) is 0 Å². The molecule has 0 fully saturated rings. The van der Waals surface area contributed by atoms with Crippen LogP contribution in [0.1, 0.15) is 13.8 Å². The molecule has 2 atom stereocenters. The molecule has 0 spiro atoms. The molecule has 140 valence electrons. The van der Waals surface area contributed by atoms with E-state index >= 15 is 0 Å². The van der Waals surface area contributed by atoms with Gasteiger partial charge in [-0.1, -0.05) is 0 Å². The van der Waals surface area contributed by atoms with Crippen LogP contribution in [0.15, 0.2) is 48.5 Å². The number of nitrogens with one attached hydrogen (secondary N) is 1. The number of amides is 1. The average Bonchev–Trinajstić information content (AvgIpc) is 2.67. The molecule has 6 nitrogen and oxygen atoms in total. The van der Waals surface area contributed by atoms with Gasteiger partial charge in [0.2, 0.25) is 0 Å². The fourth-order valence-corrected chi connectivity index (χ4v) is 2.21. The number of hydrogen-bond donors (Lipinski definition) is 1. The molecular weight excluding hydrogens is 334 g/mol. The molecule has 1 N–H and O–H groups in total. The third-order valence-electron chi connectivity index (χ3n) is 3.69. The second-order valence-electron chi connectivity index (χ2n) is 5.83. The molecule has 26 heavy (non-hydrogen) atoms. The standard InChI is InChI=1S/C20H25NO5/c1-14(13-25-18-9-5-16(23-3)6-10-18)21-20(22)15(2)26-19-11-7-17(24-4)8-12-19/h5-12,14-15H,13H2,1-4H3,(H,21,22)/t14-,15-/m0/s1. The summed E-state index contributed by atoms with van der Waals surface area (Å²) in [6.45, 7) is 3.94. The highest BCUT2D eigenvalue weighted by Gasteiger charge is 2.17. The molecule has 0 aliphatic heterocycles. The Morgan fingerprint density at radius 1 is 0.846 bits per heavy atom. The highest BCUT2D eigenvalue weighted by Crippen LogP contribution is 2.19. The molecule has 0 saturated heterocycles. The van der Waals surface area contributed by atoms with Crippen LogP contribution < -0.4 is 24.3 Å². The number of rotatable bonds is 9. The lowest BCUT2D eigenvalue weighted by atomic mass is 10.3. The number of benzene rings is 2. The van der Waals surface area contributed by atoms with Crippen LogP contribution in [0.2, 0.25) is 0 Å². The highest BCUT2D eigenvalue weighted by molar-refractivity contribution is 5.81. The van der Waals surface area contributed by atoms with Crippen molar-refractivity contribution in [1.82, 2.24) is 5.32 Å². The SMILES string of the molecule is COc1ccc(OC[C@H](C)NC(=O)[C@H](C)Oc2ccc(OC)cc2)cc1. The molecule has 0 aliphatic carbocycles.